The summed E-state index contributed by atoms with van der Waals surface area (Å²) in [5.74, 6) is -0.415. The number of carbonyl (C=O) groups excluding carboxylic acids is 1. The third-order valence-electron chi connectivity index (χ3n) is 5.22. The van der Waals surface area contributed by atoms with Gasteiger partial charge in [0.15, 0.2) is 0 Å². The summed E-state index contributed by atoms with van der Waals surface area (Å²) in [6.45, 7) is 1.09. The Labute approximate surface area is 170 Å². The molecule has 0 bridgehead atoms. The molecule has 3 N–H and O–H groups in total. The number of nitrogens with one attached hydrogen (secondary N) is 1. The van der Waals surface area contributed by atoms with E-state index in [0.717, 1.165) is 11.3 Å². The van der Waals surface area contributed by atoms with Crippen molar-refractivity contribution in [3.63, 3.8) is 0 Å². The van der Waals surface area contributed by atoms with Crippen LogP contribution >= 0.6 is 0 Å². The number of amides is 2. The molecular formula is C23H26N2O4. The Morgan fingerprint density at radius 2 is 1.76 bits per heavy atom. The van der Waals surface area contributed by atoms with E-state index in [1.54, 1.807) is 17.0 Å². The van der Waals surface area contributed by atoms with Crippen LogP contribution in [0.2, 0.25) is 0 Å². The number of allylic oxidation sites excluding steroid dienone is 2. The lowest BCUT2D eigenvalue weighted by Gasteiger charge is -2.18. The van der Waals surface area contributed by atoms with Gasteiger partial charge in [0.1, 0.15) is 5.75 Å². The summed E-state index contributed by atoms with van der Waals surface area (Å²) in [4.78, 5) is 25.2. The molecule has 0 unspecified atom stereocenters. The number of hydrogen-bond donors (Lipinski definition) is 3. The monoisotopic (exact) mass is 394 g/mol. The lowest BCUT2D eigenvalue weighted by Crippen LogP contribution is -2.33. The second-order valence-corrected chi connectivity index (χ2v) is 7.27. The molecule has 2 aromatic rings. The molecule has 0 aromatic heterocycles. The summed E-state index contributed by atoms with van der Waals surface area (Å²) in [6.07, 6.45) is 5.17. The van der Waals surface area contributed by atoms with E-state index < -0.39 is 5.97 Å². The first-order valence-corrected chi connectivity index (χ1v) is 9.80. The van der Waals surface area contributed by atoms with Crippen molar-refractivity contribution in [3.05, 3.63) is 72.3 Å². The molecule has 1 saturated heterocycles. The predicted molar refractivity (Wildman–Crippen MR) is 112 cm³/mol. The zero-order valence-corrected chi connectivity index (χ0v) is 16.2. The second kappa shape index (κ2) is 9.78. The van der Waals surface area contributed by atoms with Crippen molar-refractivity contribution < 1.29 is 19.8 Å². The number of aromatic hydroxyl groups is 1. The molecule has 152 valence electrons. The van der Waals surface area contributed by atoms with Gasteiger partial charge in [-0.1, -0.05) is 48.6 Å². The average molecular weight is 394 g/mol. The van der Waals surface area contributed by atoms with Crippen LogP contribution in [0.25, 0.3) is 0 Å². The molecule has 1 aliphatic heterocycles. The minimum Gasteiger partial charge on any atom is -0.508 e. The van der Waals surface area contributed by atoms with Crippen LogP contribution in [-0.2, 0) is 4.79 Å². The van der Waals surface area contributed by atoms with Crippen molar-refractivity contribution in [3.8, 4) is 5.75 Å². The van der Waals surface area contributed by atoms with Gasteiger partial charge in [-0.2, -0.15) is 0 Å². The average Bonchev–Trinajstić information content (AvgIpc) is 3.13. The summed E-state index contributed by atoms with van der Waals surface area (Å²) in [7, 11) is 0. The van der Waals surface area contributed by atoms with Crippen LogP contribution in [0.5, 0.6) is 5.75 Å². The first-order valence-electron chi connectivity index (χ1n) is 9.80. The van der Waals surface area contributed by atoms with Crippen LogP contribution in [0, 0.1) is 5.92 Å². The molecule has 3 rings (SSSR count). The van der Waals surface area contributed by atoms with E-state index in [9.17, 15) is 14.7 Å². The predicted octanol–water partition coefficient (Wildman–Crippen LogP) is 4.45. The van der Waals surface area contributed by atoms with E-state index in [-0.39, 0.29) is 30.0 Å². The van der Waals surface area contributed by atoms with Gasteiger partial charge in [0.2, 0.25) is 0 Å². The zero-order valence-electron chi connectivity index (χ0n) is 16.2. The molecule has 2 aromatic carbocycles. The first-order chi connectivity index (χ1) is 14.0. The Bertz CT molecular complexity index is 866. The number of benzene rings is 2. The number of hydrogen-bond acceptors (Lipinski definition) is 3. The standard InChI is InChI=1S/C23H26N2O4/c26-21-13-8-7-12-19(21)20-16-25(23(29)24-18-10-4-2-5-11-18)15-17(20)9-3-1-6-14-22(27)28/h1-5,7-8,10-13,17,20,26H,6,9,14-16H2,(H,24,29)(H,27,28)/b3-1-/t17-,20+/m0/s1. The highest BCUT2D eigenvalue weighted by atomic mass is 16.4. The van der Waals surface area contributed by atoms with E-state index in [1.165, 1.54) is 0 Å². The Kier molecular flexibility index (Phi) is 6.89. The maximum absolute atomic E-state index is 12.7. The number of phenolic OH excluding ortho intramolecular Hbond substituents is 1. The fourth-order valence-corrected chi connectivity index (χ4v) is 3.75. The molecule has 1 fully saturated rings. The highest BCUT2D eigenvalue weighted by Crippen LogP contribution is 2.39. The number of aliphatic carboxylic acids is 1. The summed E-state index contributed by atoms with van der Waals surface area (Å²) in [5, 5.41) is 22.0. The summed E-state index contributed by atoms with van der Waals surface area (Å²) < 4.78 is 0. The van der Waals surface area contributed by atoms with Crippen molar-refractivity contribution in [1.82, 2.24) is 4.90 Å². The molecule has 6 heteroatoms. The quantitative estimate of drug-likeness (QED) is 0.605. The molecule has 6 nitrogen and oxygen atoms in total. The van der Waals surface area contributed by atoms with Crippen molar-refractivity contribution in [2.75, 3.05) is 18.4 Å². The van der Waals surface area contributed by atoms with Crippen molar-refractivity contribution in [2.24, 2.45) is 5.92 Å². The van der Waals surface area contributed by atoms with Crippen molar-refractivity contribution in [2.45, 2.75) is 25.2 Å². The summed E-state index contributed by atoms with van der Waals surface area (Å²) in [5.41, 5.74) is 1.58. The number of carbonyl (C=O) groups is 2. The topological polar surface area (TPSA) is 89.9 Å². The number of para-hydroxylation sites is 2. The summed E-state index contributed by atoms with van der Waals surface area (Å²) in [6, 6.07) is 16.4. The van der Waals surface area contributed by atoms with Gasteiger partial charge in [0.25, 0.3) is 0 Å². The fourth-order valence-electron chi connectivity index (χ4n) is 3.75. The van der Waals surface area contributed by atoms with Crippen LogP contribution in [-0.4, -0.2) is 40.2 Å². The van der Waals surface area contributed by atoms with Gasteiger partial charge in [-0.15, -0.1) is 0 Å². The number of likely N-dealkylation sites (tertiary alicyclic amines) is 1. The Hall–Kier alpha value is -3.28. The number of urea groups is 1. The van der Waals surface area contributed by atoms with Gasteiger partial charge in [0, 0.05) is 31.1 Å². The fraction of sp³-hybridized carbons (Fsp3) is 0.304. The molecule has 1 aliphatic rings. The lowest BCUT2D eigenvalue weighted by molar-refractivity contribution is -0.136. The number of anilines is 1. The van der Waals surface area contributed by atoms with Gasteiger partial charge in [-0.05, 0) is 42.5 Å². The van der Waals surface area contributed by atoms with Crippen molar-refractivity contribution >= 4 is 17.7 Å². The molecule has 29 heavy (non-hydrogen) atoms. The van der Waals surface area contributed by atoms with Crippen LogP contribution in [0.3, 0.4) is 0 Å². The molecule has 0 spiro atoms. The van der Waals surface area contributed by atoms with Gasteiger partial charge in [0.05, 0.1) is 0 Å². The summed E-state index contributed by atoms with van der Waals surface area (Å²) >= 11 is 0. The largest absolute Gasteiger partial charge is 0.508 e. The number of nitrogens with zero attached hydrogens (tertiary/aromatic N) is 1. The van der Waals surface area contributed by atoms with Crippen LogP contribution in [0.1, 0.15) is 30.7 Å². The highest BCUT2D eigenvalue weighted by molar-refractivity contribution is 5.89. The van der Waals surface area contributed by atoms with E-state index in [1.807, 2.05) is 54.6 Å². The molecule has 1 heterocycles. The van der Waals surface area contributed by atoms with Gasteiger partial charge >= 0.3 is 12.0 Å². The maximum atomic E-state index is 12.7. The number of phenols is 1. The lowest BCUT2D eigenvalue weighted by atomic mass is 9.86. The molecule has 0 aliphatic carbocycles. The van der Waals surface area contributed by atoms with Gasteiger partial charge in [-0.25, -0.2) is 4.79 Å². The van der Waals surface area contributed by atoms with Crippen LogP contribution in [0.4, 0.5) is 10.5 Å². The molecular weight excluding hydrogens is 368 g/mol. The minimum absolute atomic E-state index is 0.0156. The normalized spacial score (nSPS) is 18.8. The van der Waals surface area contributed by atoms with E-state index in [2.05, 4.69) is 5.32 Å². The van der Waals surface area contributed by atoms with E-state index in [0.29, 0.717) is 25.9 Å². The first kappa shape index (κ1) is 20.5. The SMILES string of the molecule is O=C(O)CC/C=C\C[C@H]1CN(C(=O)Nc2ccccc2)C[C@H]1c1ccccc1O. The zero-order chi connectivity index (χ0) is 20.6. The Morgan fingerprint density at radius 1 is 1.03 bits per heavy atom. The molecule has 2 amide bonds. The second-order valence-electron chi connectivity index (χ2n) is 7.27. The molecule has 2 atom stereocenters. The van der Waals surface area contributed by atoms with Crippen LogP contribution in [0.15, 0.2) is 66.7 Å². The third kappa shape index (κ3) is 5.60. The van der Waals surface area contributed by atoms with Crippen molar-refractivity contribution in [1.29, 1.82) is 0 Å². The molecule has 0 radical (unpaired) electrons. The minimum atomic E-state index is -0.814. The smallest absolute Gasteiger partial charge is 0.321 e. The highest BCUT2D eigenvalue weighted by Gasteiger charge is 2.36. The van der Waals surface area contributed by atoms with Crippen LogP contribution < -0.4 is 5.32 Å². The maximum Gasteiger partial charge on any atom is 0.321 e. The van der Waals surface area contributed by atoms with Gasteiger partial charge in [-0.3, -0.25) is 4.79 Å². The van der Waals surface area contributed by atoms with E-state index >= 15 is 0 Å². The Morgan fingerprint density at radius 3 is 2.48 bits per heavy atom. The van der Waals surface area contributed by atoms with Gasteiger partial charge < -0.3 is 20.4 Å². The third-order valence-corrected chi connectivity index (χ3v) is 5.22. The number of carboxylic acids is 1. The number of carboxylic acid groups (broad SMARTS) is 1. The van der Waals surface area contributed by atoms with E-state index in [4.69, 9.17) is 5.11 Å². The molecule has 0 saturated carbocycles. The Balaban J connectivity index is 1.70. The number of rotatable bonds is 7.